The number of carbonyl (C=O) groups excluding carboxylic acids is 1. The summed E-state index contributed by atoms with van der Waals surface area (Å²) in [5, 5.41) is 3.62. The molecule has 1 aromatic carbocycles. The number of aromatic nitrogens is 4. The molecule has 4 rings (SSSR count). The highest BCUT2D eigenvalue weighted by molar-refractivity contribution is 5.79. The summed E-state index contributed by atoms with van der Waals surface area (Å²) < 4.78 is 45.3. The maximum atomic E-state index is 13.0. The number of nitrogens with zero attached hydrogens (tertiary/aromatic N) is 5. The molecule has 1 amide bonds. The highest BCUT2D eigenvalue weighted by Crippen LogP contribution is 2.30. The van der Waals surface area contributed by atoms with Crippen molar-refractivity contribution in [3.8, 4) is 5.75 Å². The van der Waals surface area contributed by atoms with E-state index in [1.807, 2.05) is 24.3 Å². The SMILES string of the molecule is COc1cccc(CC(=O)N2CCC[C@H](c3ccnc4nc(C(F)(F)F)nn34)C2)c1. The molecule has 0 spiro atoms. The number of halogens is 3. The predicted molar refractivity (Wildman–Crippen MR) is 101 cm³/mol. The first-order valence-electron chi connectivity index (χ1n) is 9.54. The highest BCUT2D eigenvalue weighted by Gasteiger charge is 2.37. The van der Waals surface area contributed by atoms with Crippen molar-refractivity contribution in [2.24, 2.45) is 0 Å². The van der Waals surface area contributed by atoms with Gasteiger partial charge in [-0.15, -0.1) is 5.10 Å². The molecule has 3 aromatic rings. The Bertz CT molecular complexity index is 1070. The molecule has 1 saturated heterocycles. The van der Waals surface area contributed by atoms with E-state index in [2.05, 4.69) is 15.1 Å². The Balaban J connectivity index is 1.54. The second-order valence-electron chi connectivity index (χ2n) is 7.22. The van der Waals surface area contributed by atoms with E-state index in [9.17, 15) is 18.0 Å². The van der Waals surface area contributed by atoms with Crippen LogP contribution in [-0.2, 0) is 17.4 Å². The molecule has 0 radical (unpaired) electrons. The normalized spacial score (nSPS) is 17.3. The van der Waals surface area contributed by atoms with Gasteiger partial charge in [-0.25, -0.2) is 9.50 Å². The van der Waals surface area contributed by atoms with E-state index in [4.69, 9.17) is 4.74 Å². The van der Waals surface area contributed by atoms with Gasteiger partial charge in [0.1, 0.15) is 5.75 Å². The number of methoxy groups -OCH3 is 1. The fraction of sp³-hybridized carbons (Fsp3) is 0.400. The van der Waals surface area contributed by atoms with Crippen molar-refractivity contribution in [1.82, 2.24) is 24.5 Å². The maximum absolute atomic E-state index is 13.0. The zero-order valence-electron chi connectivity index (χ0n) is 16.3. The van der Waals surface area contributed by atoms with Gasteiger partial charge in [0.25, 0.3) is 11.6 Å². The molecule has 7 nitrogen and oxygen atoms in total. The molecule has 1 aliphatic rings. The van der Waals surface area contributed by atoms with Gasteiger partial charge in [-0.1, -0.05) is 12.1 Å². The Hall–Kier alpha value is -3.17. The third kappa shape index (κ3) is 4.07. The van der Waals surface area contributed by atoms with E-state index in [0.29, 0.717) is 24.5 Å². The lowest BCUT2D eigenvalue weighted by atomic mass is 9.94. The van der Waals surface area contributed by atoms with Gasteiger partial charge in [0.05, 0.1) is 19.2 Å². The Morgan fingerprint density at radius 1 is 1.30 bits per heavy atom. The summed E-state index contributed by atoms with van der Waals surface area (Å²) in [6.07, 6.45) is -1.49. The fourth-order valence-electron chi connectivity index (χ4n) is 3.75. The summed E-state index contributed by atoms with van der Waals surface area (Å²) in [7, 11) is 1.57. The number of hydrogen-bond donors (Lipinski definition) is 0. The molecule has 158 valence electrons. The zero-order valence-corrected chi connectivity index (χ0v) is 16.3. The van der Waals surface area contributed by atoms with Crippen LogP contribution in [0.25, 0.3) is 5.78 Å². The zero-order chi connectivity index (χ0) is 21.3. The maximum Gasteiger partial charge on any atom is 0.453 e. The lowest BCUT2D eigenvalue weighted by Gasteiger charge is -2.33. The average molecular weight is 419 g/mol. The van der Waals surface area contributed by atoms with Crippen molar-refractivity contribution in [2.75, 3.05) is 20.2 Å². The van der Waals surface area contributed by atoms with Crippen LogP contribution in [0.2, 0.25) is 0 Å². The number of likely N-dealkylation sites (tertiary alicyclic amines) is 1. The number of alkyl halides is 3. The molecule has 2 aromatic heterocycles. The van der Waals surface area contributed by atoms with Crippen LogP contribution in [0.3, 0.4) is 0 Å². The van der Waals surface area contributed by atoms with Gasteiger partial charge in [0, 0.05) is 25.2 Å². The summed E-state index contributed by atoms with van der Waals surface area (Å²) in [5.41, 5.74) is 1.42. The molecule has 3 heterocycles. The van der Waals surface area contributed by atoms with Crippen molar-refractivity contribution in [3.63, 3.8) is 0 Å². The topological polar surface area (TPSA) is 72.6 Å². The van der Waals surface area contributed by atoms with Crippen LogP contribution in [-0.4, -0.2) is 50.6 Å². The van der Waals surface area contributed by atoms with Gasteiger partial charge >= 0.3 is 6.18 Å². The van der Waals surface area contributed by atoms with E-state index >= 15 is 0 Å². The van der Waals surface area contributed by atoms with Crippen LogP contribution in [0.5, 0.6) is 5.75 Å². The molecule has 10 heteroatoms. The van der Waals surface area contributed by atoms with Gasteiger partial charge in [-0.3, -0.25) is 4.79 Å². The lowest BCUT2D eigenvalue weighted by Crippen LogP contribution is -2.40. The van der Waals surface area contributed by atoms with Crippen molar-refractivity contribution < 1.29 is 22.7 Å². The van der Waals surface area contributed by atoms with Crippen LogP contribution in [0.15, 0.2) is 36.5 Å². The number of benzene rings is 1. The van der Waals surface area contributed by atoms with Crippen molar-refractivity contribution in [3.05, 3.63) is 53.6 Å². The molecular weight excluding hydrogens is 399 g/mol. The van der Waals surface area contributed by atoms with Crippen LogP contribution >= 0.6 is 0 Å². The summed E-state index contributed by atoms with van der Waals surface area (Å²) >= 11 is 0. The van der Waals surface area contributed by atoms with Crippen molar-refractivity contribution >= 4 is 11.7 Å². The summed E-state index contributed by atoms with van der Waals surface area (Å²) in [6, 6.07) is 8.97. The Morgan fingerprint density at radius 3 is 2.90 bits per heavy atom. The molecule has 1 fully saturated rings. The Morgan fingerprint density at radius 2 is 2.13 bits per heavy atom. The summed E-state index contributed by atoms with van der Waals surface area (Å²) in [6.45, 7) is 1.02. The molecule has 0 unspecified atom stereocenters. The Labute approximate surface area is 170 Å². The van der Waals surface area contributed by atoms with Crippen LogP contribution < -0.4 is 4.74 Å². The van der Waals surface area contributed by atoms with E-state index in [1.165, 1.54) is 6.20 Å². The number of amides is 1. The van der Waals surface area contributed by atoms with E-state index in [1.54, 1.807) is 18.1 Å². The summed E-state index contributed by atoms with van der Waals surface area (Å²) in [5.74, 6) is -0.819. The standard InChI is InChI=1S/C20H20F3N5O2/c1-30-15-6-2-4-13(10-15)11-17(29)27-9-3-5-14(12-27)16-7-8-24-19-25-18(20(21,22)23)26-28(16)19/h2,4,6-8,10,14H,3,5,9,11-12H2,1H3/t14-/m0/s1. The van der Waals surface area contributed by atoms with E-state index in [-0.39, 0.29) is 24.0 Å². The van der Waals surface area contributed by atoms with Crippen LogP contribution in [0.4, 0.5) is 13.2 Å². The lowest BCUT2D eigenvalue weighted by molar-refractivity contribution is -0.144. The number of ether oxygens (including phenoxy) is 1. The smallest absolute Gasteiger partial charge is 0.453 e. The molecule has 0 N–H and O–H groups in total. The molecular formula is C20H20F3N5O2. The number of hydrogen-bond acceptors (Lipinski definition) is 5. The predicted octanol–water partition coefficient (Wildman–Crippen LogP) is 3.10. The summed E-state index contributed by atoms with van der Waals surface area (Å²) in [4.78, 5) is 22.0. The van der Waals surface area contributed by atoms with E-state index < -0.39 is 12.0 Å². The molecule has 30 heavy (non-hydrogen) atoms. The second kappa shape index (κ2) is 7.92. The first kappa shape index (κ1) is 20.1. The largest absolute Gasteiger partial charge is 0.497 e. The van der Waals surface area contributed by atoms with E-state index in [0.717, 1.165) is 22.9 Å². The average Bonchev–Trinajstić information content (AvgIpc) is 3.19. The quantitative estimate of drug-likeness (QED) is 0.650. The first-order chi connectivity index (χ1) is 14.3. The van der Waals surface area contributed by atoms with Gasteiger partial charge in [0.2, 0.25) is 5.91 Å². The molecule has 0 aliphatic carbocycles. The highest BCUT2D eigenvalue weighted by atomic mass is 19.4. The van der Waals surface area contributed by atoms with Crippen LogP contribution in [0, 0.1) is 0 Å². The molecule has 1 atom stereocenters. The van der Waals surface area contributed by atoms with Crippen molar-refractivity contribution in [2.45, 2.75) is 31.4 Å². The van der Waals surface area contributed by atoms with Gasteiger partial charge in [-0.2, -0.15) is 18.2 Å². The fourth-order valence-corrected chi connectivity index (χ4v) is 3.75. The van der Waals surface area contributed by atoms with Gasteiger partial charge in [-0.05, 0) is 36.6 Å². The van der Waals surface area contributed by atoms with Gasteiger partial charge < -0.3 is 9.64 Å². The molecule has 0 bridgehead atoms. The number of fused-ring (bicyclic) bond motifs is 1. The third-order valence-corrected chi connectivity index (χ3v) is 5.21. The van der Waals surface area contributed by atoms with Gasteiger partial charge in [0.15, 0.2) is 0 Å². The molecule has 0 saturated carbocycles. The second-order valence-corrected chi connectivity index (χ2v) is 7.22. The number of carbonyl (C=O) groups is 1. The minimum absolute atomic E-state index is 0.0344. The number of rotatable bonds is 4. The minimum atomic E-state index is -4.64. The first-order valence-corrected chi connectivity index (χ1v) is 9.54. The molecule has 1 aliphatic heterocycles. The third-order valence-electron chi connectivity index (χ3n) is 5.21. The minimum Gasteiger partial charge on any atom is -0.497 e. The van der Waals surface area contributed by atoms with Crippen LogP contribution in [0.1, 0.15) is 35.8 Å². The number of piperidine rings is 1. The Kier molecular flexibility index (Phi) is 5.31. The van der Waals surface area contributed by atoms with Crippen molar-refractivity contribution in [1.29, 1.82) is 0 Å². The monoisotopic (exact) mass is 419 g/mol.